The topological polar surface area (TPSA) is 20.3 Å². The van der Waals surface area contributed by atoms with E-state index in [0.29, 0.717) is 5.16 Å². The first-order valence-corrected chi connectivity index (χ1v) is 4.20. The molecule has 0 aromatic rings. The number of carbonyl (C=O) groups excluding carboxylic acids is 1. The van der Waals surface area contributed by atoms with Crippen LogP contribution in [0.25, 0.3) is 0 Å². The summed E-state index contributed by atoms with van der Waals surface area (Å²) >= 11 is 5.85. The van der Waals surface area contributed by atoms with E-state index in [0.717, 1.165) is 13.1 Å². The molecular formula is C8H12ClNO. The van der Waals surface area contributed by atoms with Gasteiger partial charge in [-0.15, -0.1) is 0 Å². The number of carbonyl (C=O) groups is 1. The Morgan fingerprint density at radius 2 is 2.00 bits per heavy atom. The van der Waals surface area contributed by atoms with Crippen molar-refractivity contribution in [2.45, 2.75) is 19.8 Å². The quantitative estimate of drug-likeness (QED) is 0.469. The number of nitrogens with zero attached hydrogens (tertiary/aromatic N) is 1. The molecule has 0 N–H and O–H groups in total. The zero-order chi connectivity index (χ0) is 8.27. The van der Waals surface area contributed by atoms with Gasteiger partial charge in [0.05, 0.1) is 0 Å². The molecule has 0 unspecified atom stereocenters. The highest BCUT2D eigenvalue weighted by Crippen LogP contribution is 2.17. The number of hydrogen-bond acceptors (Lipinski definition) is 2. The molecule has 0 aromatic carbocycles. The van der Waals surface area contributed by atoms with Crippen molar-refractivity contribution in [2.75, 3.05) is 13.1 Å². The standard InChI is InChI=1S/C8H12ClNO/c1-7(11)6-8(9)10-4-2-3-5-10/h6H,2-5H2,1H3/b8-6+. The molecule has 0 bridgehead atoms. The summed E-state index contributed by atoms with van der Waals surface area (Å²) in [7, 11) is 0. The number of ketones is 1. The molecule has 0 aliphatic carbocycles. The van der Waals surface area contributed by atoms with Gasteiger partial charge in [0.25, 0.3) is 0 Å². The number of rotatable bonds is 2. The average Bonchev–Trinajstić information content (AvgIpc) is 2.35. The summed E-state index contributed by atoms with van der Waals surface area (Å²) in [6.45, 7) is 3.49. The highest BCUT2D eigenvalue weighted by Gasteiger charge is 2.12. The molecule has 0 atom stereocenters. The van der Waals surface area contributed by atoms with Gasteiger partial charge in [-0.25, -0.2) is 0 Å². The summed E-state index contributed by atoms with van der Waals surface area (Å²) in [4.78, 5) is 12.7. The van der Waals surface area contributed by atoms with Crippen LogP contribution in [-0.2, 0) is 4.79 Å². The van der Waals surface area contributed by atoms with Crippen LogP contribution in [0.4, 0.5) is 0 Å². The minimum Gasteiger partial charge on any atom is -0.362 e. The minimum atomic E-state index is 0.0156. The summed E-state index contributed by atoms with van der Waals surface area (Å²) in [6, 6.07) is 0. The third-order valence-electron chi connectivity index (χ3n) is 1.73. The molecule has 11 heavy (non-hydrogen) atoms. The van der Waals surface area contributed by atoms with Crippen molar-refractivity contribution in [2.24, 2.45) is 0 Å². The lowest BCUT2D eigenvalue weighted by Gasteiger charge is -2.14. The summed E-state index contributed by atoms with van der Waals surface area (Å²) in [5, 5.41) is 0.593. The lowest BCUT2D eigenvalue weighted by molar-refractivity contribution is -0.112. The highest BCUT2D eigenvalue weighted by atomic mass is 35.5. The molecule has 3 heteroatoms. The van der Waals surface area contributed by atoms with Crippen LogP contribution in [0.3, 0.4) is 0 Å². The molecule has 1 rings (SSSR count). The molecule has 1 saturated heterocycles. The number of halogens is 1. The van der Waals surface area contributed by atoms with E-state index >= 15 is 0 Å². The SMILES string of the molecule is CC(=O)/C=C(\Cl)N1CCCC1. The van der Waals surface area contributed by atoms with Gasteiger partial charge in [-0.3, -0.25) is 4.79 Å². The molecule has 0 saturated carbocycles. The van der Waals surface area contributed by atoms with Gasteiger partial charge in [0.15, 0.2) is 5.78 Å². The van der Waals surface area contributed by atoms with Crippen LogP contribution in [0.5, 0.6) is 0 Å². The minimum absolute atomic E-state index is 0.0156. The maximum atomic E-state index is 10.6. The van der Waals surface area contributed by atoms with Crippen LogP contribution in [-0.4, -0.2) is 23.8 Å². The Morgan fingerprint density at radius 1 is 1.45 bits per heavy atom. The Labute approximate surface area is 71.8 Å². The second-order valence-electron chi connectivity index (χ2n) is 2.77. The molecule has 62 valence electrons. The van der Waals surface area contributed by atoms with E-state index in [-0.39, 0.29) is 5.78 Å². The number of allylic oxidation sites excluding steroid dienone is 1. The molecule has 1 heterocycles. The van der Waals surface area contributed by atoms with Crippen LogP contribution >= 0.6 is 11.6 Å². The van der Waals surface area contributed by atoms with Gasteiger partial charge in [0, 0.05) is 19.2 Å². The Bertz CT molecular complexity index is 183. The maximum Gasteiger partial charge on any atom is 0.155 e. The van der Waals surface area contributed by atoms with Crippen LogP contribution in [0, 0.1) is 0 Å². The Balaban J connectivity index is 2.51. The van der Waals surface area contributed by atoms with E-state index < -0.39 is 0 Å². The predicted molar refractivity (Wildman–Crippen MR) is 45.4 cm³/mol. The molecule has 0 aromatic heterocycles. The fraction of sp³-hybridized carbons (Fsp3) is 0.625. The van der Waals surface area contributed by atoms with Crippen LogP contribution in [0.1, 0.15) is 19.8 Å². The van der Waals surface area contributed by atoms with Crippen LogP contribution in [0.15, 0.2) is 11.2 Å². The molecule has 0 spiro atoms. The first kappa shape index (κ1) is 8.60. The van der Waals surface area contributed by atoms with Crippen LogP contribution in [0.2, 0.25) is 0 Å². The number of likely N-dealkylation sites (tertiary alicyclic amines) is 1. The molecule has 1 aliphatic heterocycles. The van der Waals surface area contributed by atoms with E-state index in [1.165, 1.54) is 25.8 Å². The summed E-state index contributed by atoms with van der Waals surface area (Å²) in [5.74, 6) is 0.0156. The highest BCUT2D eigenvalue weighted by molar-refractivity contribution is 6.30. The lowest BCUT2D eigenvalue weighted by atomic mass is 10.4. The normalized spacial score (nSPS) is 19.1. The third-order valence-corrected chi connectivity index (χ3v) is 2.08. The van der Waals surface area contributed by atoms with Crippen molar-refractivity contribution >= 4 is 17.4 Å². The van der Waals surface area contributed by atoms with Crippen molar-refractivity contribution in [3.05, 3.63) is 11.2 Å². The second kappa shape index (κ2) is 3.77. The molecule has 2 nitrogen and oxygen atoms in total. The second-order valence-corrected chi connectivity index (χ2v) is 3.16. The monoisotopic (exact) mass is 173 g/mol. The van der Waals surface area contributed by atoms with Gasteiger partial charge in [0.1, 0.15) is 5.16 Å². The van der Waals surface area contributed by atoms with Crippen molar-refractivity contribution in [3.63, 3.8) is 0 Å². The molecular weight excluding hydrogens is 162 g/mol. The van der Waals surface area contributed by atoms with E-state index in [1.54, 1.807) is 0 Å². The Kier molecular flexibility index (Phi) is 2.94. The van der Waals surface area contributed by atoms with Gasteiger partial charge in [-0.05, 0) is 19.8 Å². The van der Waals surface area contributed by atoms with Gasteiger partial charge < -0.3 is 4.90 Å². The van der Waals surface area contributed by atoms with E-state index in [4.69, 9.17) is 11.6 Å². The van der Waals surface area contributed by atoms with E-state index in [9.17, 15) is 4.79 Å². The smallest absolute Gasteiger partial charge is 0.155 e. The molecule has 1 fully saturated rings. The summed E-state index contributed by atoms with van der Waals surface area (Å²) in [5.41, 5.74) is 0. The maximum absolute atomic E-state index is 10.6. The lowest BCUT2D eigenvalue weighted by Crippen LogP contribution is -2.15. The first-order valence-electron chi connectivity index (χ1n) is 3.83. The van der Waals surface area contributed by atoms with Gasteiger partial charge in [0.2, 0.25) is 0 Å². The molecule has 1 aliphatic rings. The van der Waals surface area contributed by atoms with Gasteiger partial charge in [-0.2, -0.15) is 0 Å². The van der Waals surface area contributed by atoms with Crippen LogP contribution < -0.4 is 0 Å². The van der Waals surface area contributed by atoms with E-state index in [2.05, 4.69) is 0 Å². The average molecular weight is 174 g/mol. The summed E-state index contributed by atoms with van der Waals surface area (Å²) in [6.07, 6.45) is 3.84. The van der Waals surface area contributed by atoms with Gasteiger partial charge in [-0.1, -0.05) is 11.6 Å². The largest absolute Gasteiger partial charge is 0.362 e. The first-order chi connectivity index (χ1) is 5.20. The fourth-order valence-corrected chi connectivity index (χ4v) is 1.51. The molecule has 0 radical (unpaired) electrons. The summed E-state index contributed by atoms with van der Waals surface area (Å²) < 4.78 is 0. The van der Waals surface area contributed by atoms with E-state index in [1.807, 2.05) is 4.90 Å². The molecule has 0 amide bonds. The van der Waals surface area contributed by atoms with Crippen molar-refractivity contribution in [1.82, 2.24) is 4.90 Å². The van der Waals surface area contributed by atoms with Gasteiger partial charge >= 0.3 is 0 Å². The van der Waals surface area contributed by atoms with Crippen molar-refractivity contribution in [1.29, 1.82) is 0 Å². The number of hydrogen-bond donors (Lipinski definition) is 0. The third kappa shape index (κ3) is 2.54. The van der Waals surface area contributed by atoms with Crippen molar-refractivity contribution < 1.29 is 4.79 Å². The predicted octanol–water partition coefficient (Wildman–Crippen LogP) is 1.75. The Hall–Kier alpha value is -0.500. The van der Waals surface area contributed by atoms with Crippen molar-refractivity contribution in [3.8, 4) is 0 Å². The zero-order valence-electron chi connectivity index (χ0n) is 6.64. The fourth-order valence-electron chi connectivity index (χ4n) is 1.19. The zero-order valence-corrected chi connectivity index (χ0v) is 7.40. The Morgan fingerprint density at radius 3 is 2.45 bits per heavy atom.